The highest BCUT2D eigenvalue weighted by Crippen LogP contribution is 2.46. The minimum absolute atomic E-state index is 0.650. The summed E-state index contributed by atoms with van der Waals surface area (Å²) < 4.78 is 0. The van der Waals surface area contributed by atoms with Gasteiger partial charge in [0.25, 0.3) is 0 Å². The zero-order chi connectivity index (χ0) is 16.6. The van der Waals surface area contributed by atoms with Crippen LogP contribution in [-0.2, 0) is 5.54 Å². The first kappa shape index (κ1) is 14.6. The number of nitriles is 1. The number of nitrogens with zero attached hydrogens (tertiary/aromatic N) is 2. The minimum atomic E-state index is -0.956. The molecular formula is C20H14ClN3. The predicted molar refractivity (Wildman–Crippen MR) is 96.8 cm³/mol. The quantitative estimate of drug-likeness (QED) is 0.721. The standard InChI is InChI=1S/C20H14ClN3/c21-16-12-10-15(11-13-16)20(14-22)18-8-4-5-9-19(18)23-24(20)17-6-2-1-3-7-17/h1-13,23H. The molecule has 1 aliphatic rings. The lowest BCUT2D eigenvalue weighted by Crippen LogP contribution is -2.44. The van der Waals surface area contributed by atoms with Gasteiger partial charge in [0, 0.05) is 10.6 Å². The Labute approximate surface area is 145 Å². The van der Waals surface area contributed by atoms with Crippen LogP contribution in [0.5, 0.6) is 0 Å². The molecule has 0 spiro atoms. The van der Waals surface area contributed by atoms with E-state index in [0.29, 0.717) is 5.02 Å². The molecule has 0 saturated carbocycles. The van der Waals surface area contributed by atoms with Gasteiger partial charge in [-0.2, -0.15) is 5.26 Å². The van der Waals surface area contributed by atoms with Crippen LogP contribution in [0.25, 0.3) is 0 Å². The molecule has 0 amide bonds. The van der Waals surface area contributed by atoms with Crippen LogP contribution in [0.3, 0.4) is 0 Å². The van der Waals surface area contributed by atoms with E-state index in [1.165, 1.54) is 0 Å². The second-order valence-electron chi connectivity index (χ2n) is 5.66. The van der Waals surface area contributed by atoms with E-state index >= 15 is 0 Å². The molecule has 0 bridgehead atoms. The van der Waals surface area contributed by atoms with Crippen molar-refractivity contribution in [2.24, 2.45) is 0 Å². The van der Waals surface area contributed by atoms with Gasteiger partial charge < -0.3 is 0 Å². The van der Waals surface area contributed by atoms with Gasteiger partial charge in [-0.3, -0.25) is 10.4 Å². The first-order chi connectivity index (χ1) is 11.8. The minimum Gasteiger partial charge on any atom is -0.296 e. The molecule has 0 fully saturated rings. The normalized spacial score (nSPS) is 18.6. The Balaban J connectivity index is 1.98. The van der Waals surface area contributed by atoms with Gasteiger partial charge in [0.15, 0.2) is 5.54 Å². The van der Waals surface area contributed by atoms with E-state index in [9.17, 15) is 5.26 Å². The van der Waals surface area contributed by atoms with Crippen LogP contribution < -0.4 is 10.4 Å². The third-order valence-electron chi connectivity index (χ3n) is 4.32. The highest BCUT2D eigenvalue weighted by molar-refractivity contribution is 6.30. The third-order valence-corrected chi connectivity index (χ3v) is 4.57. The lowest BCUT2D eigenvalue weighted by Gasteiger charge is -2.34. The van der Waals surface area contributed by atoms with Crippen molar-refractivity contribution < 1.29 is 0 Å². The molecule has 116 valence electrons. The summed E-state index contributed by atoms with van der Waals surface area (Å²) in [6, 6.07) is 27.7. The summed E-state index contributed by atoms with van der Waals surface area (Å²) in [6.45, 7) is 0. The van der Waals surface area contributed by atoms with Crippen molar-refractivity contribution in [2.75, 3.05) is 10.4 Å². The second-order valence-corrected chi connectivity index (χ2v) is 6.09. The Morgan fingerprint density at radius 1 is 0.875 bits per heavy atom. The van der Waals surface area contributed by atoms with E-state index in [1.54, 1.807) is 0 Å². The van der Waals surface area contributed by atoms with E-state index in [4.69, 9.17) is 11.6 Å². The van der Waals surface area contributed by atoms with Gasteiger partial charge in [0.2, 0.25) is 0 Å². The maximum atomic E-state index is 10.3. The van der Waals surface area contributed by atoms with Gasteiger partial charge >= 0.3 is 0 Å². The molecule has 1 atom stereocenters. The maximum absolute atomic E-state index is 10.3. The van der Waals surface area contributed by atoms with E-state index < -0.39 is 5.54 Å². The molecule has 24 heavy (non-hydrogen) atoms. The van der Waals surface area contributed by atoms with Crippen molar-refractivity contribution in [2.45, 2.75) is 5.54 Å². The Morgan fingerprint density at radius 2 is 1.54 bits per heavy atom. The average molecular weight is 332 g/mol. The van der Waals surface area contributed by atoms with Crippen molar-refractivity contribution in [3.63, 3.8) is 0 Å². The molecule has 0 saturated heterocycles. The van der Waals surface area contributed by atoms with Gasteiger partial charge in [-0.05, 0) is 35.9 Å². The second kappa shape index (κ2) is 5.59. The molecule has 0 aliphatic carbocycles. The first-order valence-corrected chi connectivity index (χ1v) is 8.02. The summed E-state index contributed by atoms with van der Waals surface area (Å²) >= 11 is 6.05. The Kier molecular flexibility index (Phi) is 3.41. The first-order valence-electron chi connectivity index (χ1n) is 7.64. The highest BCUT2D eigenvalue weighted by atomic mass is 35.5. The summed E-state index contributed by atoms with van der Waals surface area (Å²) in [5, 5.41) is 12.8. The predicted octanol–water partition coefficient (Wildman–Crippen LogP) is 4.95. The molecule has 1 aliphatic heterocycles. The smallest absolute Gasteiger partial charge is 0.199 e. The topological polar surface area (TPSA) is 39.1 Å². The molecule has 1 heterocycles. The van der Waals surface area contributed by atoms with E-state index in [-0.39, 0.29) is 0 Å². The highest BCUT2D eigenvalue weighted by Gasteiger charge is 2.47. The fourth-order valence-corrected chi connectivity index (χ4v) is 3.33. The molecule has 0 aromatic heterocycles. The molecule has 4 heteroatoms. The van der Waals surface area contributed by atoms with Crippen molar-refractivity contribution >= 4 is 23.0 Å². The van der Waals surface area contributed by atoms with Crippen molar-refractivity contribution in [1.29, 1.82) is 5.26 Å². The van der Waals surface area contributed by atoms with Gasteiger partial charge in [0.05, 0.1) is 11.4 Å². The van der Waals surface area contributed by atoms with Crippen LogP contribution in [0.1, 0.15) is 11.1 Å². The van der Waals surface area contributed by atoms with E-state index in [0.717, 1.165) is 22.5 Å². The molecule has 3 nitrogen and oxygen atoms in total. The number of hydrogen-bond donors (Lipinski definition) is 1. The van der Waals surface area contributed by atoms with Crippen LogP contribution >= 0.6 is 11.6 Å². The Morgan fingerprint density at radius 3 is 2.25 bits per heavy atom. The zero-order valence-corrected chi connectivity index (χ0v) is 13.5. The SMILES string of the molecule is N#CC1(c2ccc(Cl)cc2)c2ccccc2NN1c1ccccc1. The van der Waals surface area contributed by atoms with Crippen LogP contribution in [0.4, 0.5) is 11.4 Å². The molecule has 3 aromatic carbocycles. The van der Waals surface area contributed by atoms with Crippen LogP contribution in [-0.4, -0.2) is 0 Å². The number of nitrogens with one attached hydrogen (secondary N) is 1. The average Bonchev–Trinajstić information content (AvgIpc) is 2.98. The molecule has 3 aromatic rings. The number of rotatable bonds is 2. The lowest BCUT2D eigenvalue weighted by molar-refractivity contribution is 0.672. The fraction of sp³-hybridized carbons (Fsp3) is 0.0500. The number of hydrazine groups is 1. The lowest BCUT2D eigenvalue weighted by atomic mass is 9.83. The van der Waals surface area contributed by atoms with Crippen LogP contribution in [0, 0.1) is 11.3 Å². The summed E-state index contributed by atoms with van der Waals surface area (Å²) in [5.41, 5.74) is 6.08. The third kappa shape index (κ3) is 2.05. The molecule has 1 unspecified atom stereocenters. The molecular weight excluding hydrogens is 318 g/mol. The van der Waals surface area contributed by atoms with Crippen LogP contribution in [0.15, 0.2) is 78.9 Å². The largest absolute Gasteiger partial charge is 0.296 e. The van der Waals surface area contributed by atoms with Gasteiger partial charge in [0.1, 0.15) is 6.07 Å². The van der Waals surface area contributed by atoms with Gasteiger partial charge in [-0.25, -0.2) is 0 Å². The molecule has 0 radical (unpaired) electrons. The van der Waals surface area contributed by atoms with Gasteiger partial charge in [-0.1, -0.05) is 60.1 Å². The summed E-state index contributed by atoms with van der Waals surface area (Å²) in [6.07, 6.45) is 0. The molecule has 4 rings (SSSR count). The Hall–Kier alpha value is -2.96. The van der Waals surface area contributed by atoms with Crippen molar-refractivity contribution in [3.8, 4) is 6.07 Å². The molecule has 1 N–H and O–H groups in total. The number of fused-ring (bicyclic) bond motifs is 1. The number of anilines is 2. The van der Waals surface area contributed by atoms with Gasteiger partial charge in [-0.15, -0.1) is 0 Å². The monoisotopic (exact) mass is 331 g/mol. The zero-order valence-electron chi connectivity index (χ0n) is 12.8. The summed E-state index contributed by atoms with van der Waals surface area (Å²) in [5.74, 6) is 0. The Bertz CT molecular complexity index is 916. The van der Waals surface area contributed by atoms with E-state index in [1.807, 2.05) is 83.9 Å². The maximum Gasteiger partial charge on any atom is 0.199 e. The van der Waals surface area contributed by atoms with Crippen molar-refractivity contribution in [1.82, 2.24) is 0 Å². The summed E-state index contributed by atoms with van der Waals surface area (Å²) in [7, 11) is 0. The van der Waals surface area contributed by atoms with E-state index in [2.05, 4.69) is 11.5 Å². The number of hydrogen-bond acceptors (Lipinski definition) is 3. The van der Waals surface area contributed by atoms with Crippen molar-refractivity contribution in [3.05, 3.63) is 95.0 Å². The number of para-hydroxylation sites is 2. The van der Waals surface area contributed by atoms with Crippen LogP contribution in [0.2, 0.25) is 5.02 Å². The number of benzene rings is 3. The summed E-state index contributed by atoms with van der Waals surface area (Å²) in [4.78, 5) is 0. The number of halogens is 1. The fourth-order valence-electron chi connectivity index (χ4n) is 3.21.